The number of hydrogen-bond acceptors (Lipinski definition) is 8. The highest BCUT2D eigenvalue weighted by Gasteiger charge is 2.56. The lowest BCUT2D eigenvalue weighted by molar-refractivity contribution is -0.118. The monoisotopic (exact) mass is 451 g/mol. The summed E-state index contributed by atoms with van der Waals surface area (Å²) in [6, 6.07) is 9.34. The Morgan fingerprint density at radius 1 is 1.21 bits per heavy atom. The quantitative estimate of drug-likeness (QED) is 0.577. The van der Waals surface area contributed by atoms with E-state index < -0.39 is 24.5 Å². The zero-order chi connectivity index (χ0) is 23.1. The molecule has 33 heavy (non-hydrogen) atoms. The van der Waals surface area contributed by atoms with Crippen LogP contribution in [0.1, 0.15) is 25.6 Å². The van der Waals surface area contributed by atoms with Gasteiger partial charge in [-0.15, -0.1) is 0 Å². The lowest BCUT2D eigenvalue weighted by Crippen LogP contribution is -2.44. The smallest absolute Gasteiger partial charge is 0.411 e. The van der Waals surface area contributed by atoms with E-state index in [1.807, 2.05) is 30.3 Å². The van der Waals surface area contributed by atoms with Crippen LogP contribution in [0.2, 0.25) is 0 Å². The predicted molar refractivity (Wildman–Crippen MR) is 118 cm³/mol. The van der Waals surface area contributed by atoms with E-state index in [0.29, 0.717) is 23.5 Å². The Morgan fingerprint density at radius 2 is 2.00 bits per heavy atom. The first-order chi connectivity index (χ1) is 16.0. The molecular formula is C22H25N7O4. The van der Waals surface area contributed by atoms with Crippen LogP contribution < -0.4 is 11.1 Å². The maximum atomic E-state index is 12.8. The van der Waals surface area contributed by atoms with Gasteiger partial charge in [0.05, 0.1) is 12.4 Å². The average molecular weight is 451 g/mol. The molecule has 4 atom stereocenters. The largest absolute Gasteiger partial charge is 0.439 e. The van der Waals surface area contributed by atoms with Crippen LogP contribution in [-0.4, -0.2) is 61.2 Å². The highest BCUT2D eigenvalue weighted by Crippen LogP contribution is 2.41. The number of imidazole rings is 1. The van der Waals surface area contributed by atoms with Crippen LogP contribution in [0.25, 0.3) is 11.2 Å². The van der Waals surface area contributed by atoms with E-state index in [1.165, 1.54) is 6.33 Å². The minimum Gasteiger partial charge on any atom is -0.439 e. The molecule has 0 spiro atoms. The number of anilines is 1. The molecule has 2 aliphatic heterocycles. The van der Waals surface area contributed by atoms with Gasteiger partial charge >= 0.3 is 6.09 Å². The van der Waals surface area contributed by atoms with Gasteiger partial charge in [-0.05, 0) is 5.56 Å². The van der Waals surface area contributed by atoms with Crippen molar-refractivity contribution in [1.29, 1.82) is 0 Å². The van der Waals surface area contributed by atoms with Crippen molar-refractivity contribution in [2.75, 3.05) is 11.9 Å². The number of nitrogens with one attached hydrogen (secondary N) is 1. The molecule has 5 rings (SSSR count). The summed E-state index contributed by atoms with van der Waals surface area (Å²) < 4.78 is 13.7. The summed E-state index contributed by atoms with van der Waals surface area (Å²) in [6.07, 6.45) is 0.821. The maximum Gasteiger partial charge on any atom is 0.411 e. The van der Waals surface area contributed by atoms with Crippen molar-refractivity contribution in [3.63, 3.8) is 0 Å². The number of amides is 2. The second-order valence-corrected chi connectivity index (χ2v) is 8.44. The summed E-state index contributed by atoms with van der Waals surface area (Å²) in [5.74, 6) is -0.0717. The van der Waals surface area contributed by atoms with E-state index in [-0.39, 0.29) is 24.4 Å². The molecule has 2 saturated heterocycles. The van der Waals surface area contributed by atoms with Gasteiger partial charge in [-0.3, -0.25) is 14.3 Å². The predicted octanol–water partition coefficient (Wildman–Crippen LogP) is 1.67. The average Bonchev–Trinajstić information content (AvgIpc) is 3.48. The summed E-state index contributed by atoms with van der Waals surface area (Å²) in [5.41, 5.74) is 7.88. The van der Waals surface area contributed by atoms with Gasteiger partial charge in [0.25, 0.3) is 0 Å². The number of aromatic nitrogens is 4. The number of carbonyl (C=O) groups is 2. The standard InChI is InChI=1S/C22H25N7O4/c1-12(2)20(30)27-18-15-19(25-10-24-18)29(11-26-15)21-17-16(14(8-23)32-21)28(22(31)33-17)9-13-6-4-3-5-7-13/h3-7,10-12,14,16-17,21H,8-9,23H2,1-2H3,(H,24,25,27,30)/t14-,16-,17-,21-/m1/s1. The van der Waals surface area contributed by atoms with E-state index in [1.54, 1.807) is 29.6 Å². The normalized spacial score (nSPS) is 24.4. The Labute approximate surface area is 189 Å². The van der Waals surface area contributed by atoms with Crippen molar-refractivity contribution in [2.45, 2.75) is 44.9 Å². The van der Waals surface area contributed by atoms with Crippen molar-refractivity contribution >= 4 is 29.0 Å². The van der Waals surface area contributed by atoms with Crippen LogP contribution >= 0.6 is 0 Å². The van der Waals surface area contributed by atoms with Crippen LogP contribution in [-0.2, 0) is 20.8 Å². The molecule has 2 aromatic heterocycles. The van der Waals surface area contributed by atoms with Crippen molar-refractivity contribution in [2.24, 2.45) is 11.7 Å². The summed E-state index contributed by atoms with van der Waals surface area (Å²) in [7, 11) is 0. The summed E-state index contributed by atoms with van der Waals surface area (Å²) in [5, 5.41) is 2.78. The number of nitrogens with two attached hydrogens (primary N) is 1. The van der Waals surface area contributed by atoms with E-state index in [0.717, 1.165) is 5.56 Å². The maximum absolute atomic E-state index is 12.8. The Morgan fingerprint density at radius 3 is 2.73 bits per heavy atom. The minimum atomic E-state index is -0.665. The van der Waals surface area contributed by atoms with Crippen LogP contribution in [0.5, 0.6) is 0 Å². The van der Waals surface area contributed by atoms with E-state index in [2.05, 4.69) is 20.3 Å². The van der Waals surface area contributed by atoms with Gasteiger partial charge in [-0.1, -0.05) is 44.2 Å². The molecule has 3 aromatic rings. The lowest BCUT2D eigenvalue weighted by Gasteiger charge is -2.24. The molecule has 3 N–H and O–H groups in total. The number of hydrogen-bond donors (Lipinski definition) is 2. The molecule has 11 nitrogen and oxygen atoms in total. The Kier molecular flexibility index (Phi) is 5.43. The van der Waals surface area contributed by atoms with Crippen molar-refractivity contribution in [3.8, 4) is 0 Å². The second kappa shape index (κ2) is 8.41. The number of rotatable bonds is 6. The zero-order valence-electron chi connectivity index (χ0n) is 18.3. The fourth-order valence-electron chi connectivity index (χ4n) is 4.29. The molecule has 2 amide bonds. The number of fused-ring (bicyclic) bond motifs is 2. The summed E-state index contributed by atoms with van der Waals surface area (Å²) in [6.45, 7) is 4.20. The fourth-order valence-corrected chi connectivity index (χ4v) is 4.29. The van der Waals surface area contributed by atoms with Gasteiger partial charge in [-0.25, -0.2) is 19.7 Å². The van der Waals surface area contributed by atoms with Gasteiger partial charge in [0.2, 0.25) is 5.91 Å². The fraction of sp³-hybridized carbons (Fsp3) is 0.409. The van der Waals surface area contributed by atoms with E-state index >= 15 is 0 Å². The number of ether oxygens (including phenoxy) is 2. The van der Waals surface area contributed by atoms with Gasteiger partial charge < -0.3 is 20.5 Å². The van der Waals surface area contributed by atoms with Crippen LogP contribution in [0.15, 0.2) is 43.0 Å². The first-order valence-corrected chi connectivity index (χ1v) is 10.8. The molecule has 0 aliphatic carbocycles. The van der Waals surface area contributed by atoms with E-state index in [4.69, 9.17) is 15.2 Å². The molecule has 0 saturated carbocycles. The summed E-state index contributed by atoms with van der Waals surface area (Å²) >= 11 is 0. The highest BCUT2D eigenvalue weighted by atomic mass is 16.6. The van der Waals surface area contributed by atoms with Gasteiger partial charge in [0, 0.05) is 19.0 Å². The Hall–Kier alpha value is -3.57. The SMILES string of the molecule is CC(C)C(=O)Nc1ncnc2c1ncn2[C@@H]1O[C@H](CN)[C@@H]2[C@H]1OC(=O)N2Cc1ccccc1. The van der Waals surface area contributed by atoms with Crippen LogP contribution in [0.4, 0.5) is 10.6 Å². The first-order valence-electron chi connectivity index (χ1n) is 10.8. The molecule has 1 aromatic carbocycles. The molecular weight excluding hydrogens is 426 g/mol. The third-order valence-corrected chi connectivity index (χ3v) is 5.97. The van der Waals surface area contributed by atoms with Gasteiger partial charge in [-0.2, -0.15) is 0 Å². The molecule has 0 bridgehead atoms. The molecule has 172 valence electrons. The van der Waals surface area contributed by atoms with Crippen molar-refractivity contribution in [1.82, 2.24) is 24.4 Å². The topological polar surface area (TPSA) is 137 Å². The van der Waals surface area contributed by atoms with Crippen LogP contribution in [0, 0.1) is 5.92 Å². The Balaban J connectivity index is 1.46. The van der Waals surface area contributed by atoms with Crippen LogP contribution in [0.3, 0.4) is 0 Å². The van der Waals surface area contributed by atoms with Crippen molar-refractivity contribution in [3.05, 3.63) is 48.5 Å². The van der Waals surface area contributed by atoms with Gasteiger partial charge in [0.15, 0.2) is 29.3 Å². The second-order valence-electron chi connectivity index (χ2n) is 8.44. The number of nitrogens with zero attached hydrogens (tertiary/aromatic N) is 5. The molecule has 2 aliphatic rings. The summed E-state index contributed by atoms with van der Waals surface area (Å²) in [4.78, 5) is 39.5. The minimum absolute atomic E-state index is 0.175. The lowest BCUT2D eigenvalue weighted by atomic mass is 10.1. The van der Waals surface area contributed by atoms with E-state index in [9.17, 15) is 9.59 Å². The third-order valence-electron chi connectivity index (χ3n) is 5.97. The number of carbonyl (C=O) groups excluding carboxylic acids is 2. The highest BCUT2D eigenvalue weighted by molar-refractivity contribution is 5.97. The van der Waals surface area contributed by atoms with Gasteiger partial charge in [0.1, 0.15) is 12.4 Å². The Bertz CT molecular complexity index is 1180. The molecule has 2 fully saturated rings. The molecule has 0 unspecified atom stereocenters. The number of benzene rings is 1. The molecule has 11 heteroatoms. The molecule has 4 heterocycles. The third kappa shape index (κ3) is 3.68. The molecule has 0 radical (unpaired) electrons. The zero-order valence-corrected chi connectivity index (χ0v) is 18.3. The van der Waals surface area contributed by atoms with Crippen molar-refractivity contribution < 1.29 is 19.1 Å². The first kappa shape index (κ1) is 21.3.